The molecule has 0 saturated carbocycles. The molecule has 0 fully saturated rings. The third-order valence-electron chi connectivity index (χ3n) is 2.52. The van der Waals surface area contributed by atoms with Crippen molar-refractivity contribution in [1.29, 1.82) is 0 Å². The van der Waals surface area contributed by atoms with Crippen molar-refractivity contribution in [1.82, 2.24) is 29.9 Å². The Hall–Kier alpha value is -1.69. The number of aromatic nitrogens is 5. The third kappa shape index (κ3) is 3.67. The summed E-state index contributed by atoms with van der Waals surface area (Å²) < 4.78 is 3.78. The van der Waals surface area contributed by atoms with Crippen LogP contribution in [0.4, 0.5) is 0 Å². The molecular formula is C11H18N6. The van der Waals surface area contributed by atoms with Crippen molar-refractivity contribution in [2.75, 3.05) is 6.54 Å². The van der Waals surface area contributed by atoms with Crippen molar-refractivity contribution in [2.24, 2.45) is 0 Å². The van der Waals surface area contributed by atoms with E-state index in [9.17, 15) is 0 Å². The lowest BCUT2D eigenvalue weighted by molar-refractivity contribution is 0.432. The molecule has 0 saturated heterocycles. The molecule has 1 N–H and O–H groups in total. The van der Waals surface area contributed by atoms with E-state index in [1.165, 1.54) is 5.56 Å². The van der Waals surface area contributed by atoms with E-state index >= 15 is 0 Å². The van der Waals surface area contributed by atoms with E-state index in [1.54, 1.807) is 12.7 Å². The van der Waals surface area contributed by atoms with Gasteiger partial charge in [0.25, 0.3) is 0 Å². The third-order valence-corrected chi connectivity index (χ3v) is 2.52. The molecule has 17 heavy (non-hydrogen) atoms. The van der Waals surface area contributed by atoms with Gasteiger partial charge in [0.1, 0.15) is 12.7 Å². The monoisotopic (exact) mass is 234 g/mol. The quantitative estimate of drug-likeness (QED) is 0.789. The van der Waals surface area contributed by atoms with Gasteiger partial charge < -0.3 is 5.32 Å². The number of hydrogen-bond donors (Lipinski definition) is 1. The Balaban J connectivity index is 1.69. The van der Waals surface area contributed by atoms with Crippen LogP contribution in [-0.4, -0.2) is 37.1 Å². The molecule has 0 amide bonds. The Labute approximate surface area is 101 Å². The van der Waals surface area contributed by atoms with Gasteiger partial charge in [-0.15, -0.1) is 0 Å². The second-order valence-corrected chi connectivity index (χ2v) is 4.25. The number of aryl methyl sites for hydroxylation is 1. The van der Waals surface area contributed by atoms with Crippen LogP contribution in [0.15, 0.2) is 25.0 Å². The van der Waals surface area contributed by atoms with Crippen LogP contribution in [0, 0.1) is 6.92 Å². The van der Waals surface area contributed by atoms with Crippen LogP contribution in [0.25, 0.3) is 0 Å². The van der Waals surface area contributed by atoms with E-state index < -0.39 is 0 Å². The first-order chi connectivity index (χ1) is 8.24. The number of rotatable bonds is 6. The molecule has 0 bridgehead atoms. The Bertz CT molecular complexity index is 433. The zero-order valence-electron chi connectivity index (χ0n) is 10.2. The van der Waals surface area contributed by atoms with E-state index in [0.29, 0.717) is 6.04 Å². The summed E-state index contributed by atoms with van der Waals surface area (Å²) in [4.78, 5) is 3.90. The minimum Gasteiger partial charge on any atom is -0.311 e. The summed E-state index contributed by atoms with van der Waals surface area (Å²) in [5, 5.41) is 11.7. The van der Waals surface area contributed by atoms with Gasteiger partial charge in [-0.3, -0.25) is 9.36 Å². The summed E-state index contributed by atoms with van der Waals surface area (Å²) in [6.07, 6.45) is 7.21. The van der Waals surface area contributed by atoms with Gasteiger partial charge in [-0.2, -0.15) is 10.2 Å². The molecule has 0 aromatic carbocycles. The normalized spacial score (nSPS) is 12.8. The fourth-order valence-electron chi connectivity index (χ4n) is 1.69. The van der Waals surface area contributed by atoms with Gasteiger partial charge in [0.05, 0.1) is 19.3 Å². The van der Waals surface area contributed by atoms with Gasteiger partial charge in [-0.1, -0.05) is 0 Å². The second-order valence-electron chi connectivity index (χ2n) is 4.25. The van der Waals surface area contributed by atoms with Gasteiger partial charge in [-0.05, 0) is 19.4 Å². The van der Waals surface area contributed by atoms with Gasteiger partial charge in [-0.25, -0.2) is 4.98 Å². The Morgan fingerprint density at radius 3 is 2.88 bits per heavy atom. The smallest absolute Gasteiger partial charge is 0.137 e. The molecule has 0 aliphatic heterocycles. The van der Waals surface area contributed by atoms with E-state index in [-0.39, 0.29) is 0 Å². The molecule has 2 aromatic heterocycles. The fourth-order valence-corrected chi connectivity index (χ4v) is 1.69. The van der Waals surface area contributed by atoms with Crippen molar-refractivity contribution >= 4 is 0 Å². The molecule has 6 heteroatoms. The first-order valence-corrected chi connectivity index (χ1v) is 5.79. The van der Waals surface area contributed by atoms with E-state index in [4.69, 9.17) is 0 Å². The number of hydrogen-bond acceptors (Lipinski definition) is 4. The molecule has 92 valence electrons. The Kier molecular flexibility index (Phi) is 3.87. The molecule has 0 aliphatic carbocycles. The average molecular weight is 234 g/mol. The highest BCUT2D eigenvalue weighted by molar-refractivity contribution is 4.99. The maximum Gasteiger partial charge on any atom is 0.137 e. The highest BCUT2D eigenvalue weighted by Crippen LogP contribution is 1.96. The van der Waals surface area contributed by atoms with Crippen molar-refractivity contribution in [2.45, 2.75) is 33.0 Å². The molecule has 0 radical (unpaired) electrons. The molecule has 2 rings (SSSR count). The Morgan fingerprint density at radius 2 is 2.24 bits per heavy atom. The summed E-state index contributed by atoms with van der Waals surface area (Å²) in [5.74, 6) is 0. The minimum absolute atomic E-state index is 0.387. The maximum absolute atomic E-state index is 4.26. The standard InChI is InChI=1S/C11H18N6/c1-10-5-14-17(6-10)7-11(2)13-3-4-16-9-12-8-15-16/h5-6,8-9,11,13H,3-4,7H2,1-2H3/t11-/m0/s1. The number of nitrogens with zero attached hydrogens (tertiary/aromatic N) is 5. The van der Waals surface area contributed by atoms with Crippen LogP contribution >= 0.6 is 0 Å². The molecular weight excluding hydrogens is 216 g/mol. The SMILES string of the molecule is Cc1cnn(C[C@H](C)NCCn2cncn2)c1. The van der Waals surface area contributed by atoms with Crippen molar-refractivity contribution in [3.05, 3.63) is 30.6 Å². The van der Waals surface area contributed by atoms with Crippen LogP contribution < -0.4 is 5.32 Å². The lowest BCUT2D eigenvalue weighted by Crippen LogP contribution is -2.33. The van der Waals surface area contributed by atoms with Gasteiger partial charge >= 0.3 is 0 Å². The number of nitrogens with one attached hydrogen (secondary N) is 1. The molecule has 0 unspecified atom stereocenters. The molecule has 0 aliphatic rings. The van der Waals surface area contributed by atoms with Gasteiger partial charge in [0.2, 0.25) is 0 Å². The van der Waals surface area contributed by atoms with Crippen LogP contribution in [0.2, 0.25) is 0 Å². The molecule has 2 heterocycles. The van der Waals surface area contributed by atoms with Crippen LogP contribution in [0.1, 0.15) is 12.5 Å². The molecule has 6 nitrogen and oxygen atoms in total. The predicted molar refractivity (Wildman–Crippen MR) is 64.5 cm³/mol. The van der Waals surface area contributed by atoms with Gasteiger partial charge in [0.15, 0.2) is 0 Å². The zero-order valence-corrected chi connectivity index (χ0v) is 10.2. The summed E-state index contributed by atoms with van der Waals surface area (Å²) in [6, 6.07) is 0.387. The Morgan fingerprint density at radius 1 is 1.35 bits per heavy atom. The van der Waals surface area contributed by atoms with Crippen LogP contribution in [-0.2, 0) is 13.1 Å². The summed E-state index contributed by atoms with van der Waals surface area (Å²) in [6.45, 7) is 6.79. The average Bonchev–Trinajstić information content (AvgIpc) is 2.90. The lowest BCUT2D eigenvalue weighted by Gasteiger charge is -2.13. The van der Waals surface area contributed by atoms with E-state index in [0.717, 1.165) is 19.6 Å². The minimum atomic E-state index is 0.387. The summed E-state index contributed by atoms with van der Waals surface area (Å²) >= 11 is 0. The molecule has 0 spiro atoms. The highest BCUT2D eigenvalue weighted by Gasteiger charge is 2.03. The fraction of sp³-hybridized carbons (Fsp3) is 0.545. The van der Waals surface area contributed by atoms with Crippen molar-refractivity contribution in [3.63, 3.8) is 0 Å². The van der Waals surface area contributed by atoms with E-state index in [2.05, 4.69) is 33.6 Å². The van der Waals surface area contributed by atoms with E-state index in [1.807, 2.05) is 22.5 Å². The molecule has 1 atom stereocenters. The van der Waals surface area contributed by atoms with Crippen LogP contribution in [0.5, 0.6) is 0 Å². The highest BCUT2D eigenvalue weighted by atomic mass is 15.3. The summed E-state index contributed by atoms with van der Waals surface area (Å²) in [7, 11) is 0. The largest absolute Gasteiger partial charge is 0.311 e. The predicted octanol–water partition coefficient (Wildman–Crippen LogP) is 0.461. The second kappa shape index (κ2) is 5.58. The maximum atomic E-state index is 4.26. The first kappa shape index (κ1) is 11.8. The zero-order chi connectivity index (χ0) is 12.1. The topological polar surface area (TPSA) is 60.6 Å². The van der Waals surface area contributed by atoms with Crippen molar-refractivity contribution in [3.8, 4) is 0 Å². The van der Waals surface area contributed by atoms with Crippen molar-refractivity contribution < 1.29 is 0 Å². The van der Waals surface area contributed by atoms with Crippen LogP contribution in [0.3, 0.4) is 0 Å². The lowest BCUT2D eigenvalue weighted by atomic mass is 10.3. The summed E-state index contributed by atoms with van der Waals surface area (Å²) in [5.41, 5.74) is 1.19. The first-order valence-electron chi connectivity index (χ1n) is 5.79. The molecule has 2 aromatic rings. The van der Waals surface area contributed by atoms with Gasteiger partial charge in [0, 0.05) is 18.8 Å².